The number of nitrogens with one attached hydrogen (secondary N) is 1. The molecule has 2 nitrogen and oxygen atoms in total. The number of hydrogen-bond acceptors (Lipinski definition) is 2. The first kappa shape index (κ1) is 17.0. The van der Waals surface area contributed by atoms with Gasteiger partial charge >= 0.3 is 0 Å². The number of rotatable bonds is 6. The summed E-state index contributed by atoms with van der Waals surface area (Å²) in [5.74, 6) is 0. The topological polar surface area (TPSA) is 15.3 Å². The van der Waals surface area contributed by atoms with Gasteiger partial charge in [0.25, 0.3) is 0 Å². The number of likely N-dealkylation sites (tertiary alicyclic amines) is 1. The van der Waals surface area contributed by atoms with Gasteiger partial charge in [-0.15, -0.1) is 0 Å². The van der Waals surface area contributed by atoms with Crippen molar-refractivity contribution in [3.05, 3.63) is 0 Å². The third kappa shape index (κ3) is 5.83. The Morgan fingerprint density at radius 3 is 2.32 bits per heavy atom. The standard InChI is InChI=1S/C17H36N2/c1-7-15-11-9-10-12-19(15)14-17(6,8-2)13-18-16(3,4)5/h15,18H,7-14H2,1-6H3. The van der Waals surface area contributed by atoms with Crippen LogP contribution >= 0.6 is 0 Å². The van der Waals surface area contributed by atoms with Gasteiger partial charge in [0.2, 0.25) is 0 Å². The van der Waals surface area contributed by atoms with Crippen molar-refractivity contribution in [2.24, 2.45) is 5.41 Å². The third-order valence-electron chi connectivity index (χ3n) is 4.70. The summed E-state index contributed by atoms with van der Waals surface area (Å²) in [6.07, 6.45) is 6.79. The Morgan fingerprint density at radius 1 is 1.11 bits per heavy atom. The molecular formula is C17H36N2. The van der Waals surface area contributed by atoms with Crippen LogP contribution in [-0.4, -0.2) is 36.1 Å². The van der Waals surface area contributed by atoms with Crippen LogP contribution in [0.4, 0.5) is 0 Å². The summed E-state index contributed by atoms with van der Waals surface area (Å²) in [6, 6.07) is 0.828. The summed E-state index contributed by atoms with van der Waals surface area (Å²) in [6.45, 7) is 17.6. The molecule has 0 spiro atoms. The van der Waals surface area contributed by atoms with E-state index in [1.54, 1.807) is 0 Å². The molecule has 1 aliphatic heterocycles. The SMILES string of the molecule is CCC1CCCCN1CC(C)(CC)CNC(C)(C)C. The smallest absolute Gasteiger partial charge is 0.00967 e. The first-order valence-electron chi connectivity index (χ1n) is 8.29. The molecule has 0 bridgehead atoms. The van der Waals surface area contributed by atoms with E-state index in [-0.39, 0.29) is 5.54 Å². The summed E-state index contributed by atoms with van der Waals surface area (Å²) in [4.78, 5) is 2.76. The minimum Gasteiger partial charge on any atom is -0.311 e. The van der Waals surface area contributed by atoms with Crippen LogP contribution in [-0.2, 0) is 0 Å². The molecular weight excluding hydrogens is 232 g/mol. The van der Waals surface area contributed by atoms with Gasteiger partial charge in [0, 0.05) is 24.7 Å². The highest BCUT2D eigenvalue weighted by Crippen LogP contribution is 2.28. The molecule has 0 amide bonds. The molecule has 1 N–H and O–H groups in total. The first-order valence-corrected chi connectivity index (χ1v) is 8.29. The van der Waals surface area contributed by atoms with Crippen molar-refractivity contribution in [1.29, 1.82) is 0 Å². The quantitative estimate of drug-likeness (QED) is 0.781. The second kappa shape index (κ2) is 7.08. The van der Waals surface area contributed by atoms with Gasteiger partial charge in [-0.1, -0.05) is 27.2 Å². The Bertz CT molecular complexity index is 256. The molecule has 2 heteroatoms. The van der Waals surface area contributed by atoms with Crippen LogP contribution in [0.3, 0.4) is 0 Å². The average molecular weight is 268 g/mol. The maximum atomic E-state index is 3.71. The minimum absolute atomic E-state index is 0.225. The second-order valence-electron chi connectivity index (χ2n) is 7.80. The van der Waals surface area contributed by atoms with Gasteiger partial charge in [-0.05, 0) is 58.4 Å². The molecule has 1 fully saturated rings. The fourth-order valence-corrected chi connectivity index (χ4v) is 2.99. The lowest BCUT2D eigenvalue weighted by atomic mass is 9.84. The lowest BCUT2D eigenvalue weighted by molar-refractivity contribution is 0.0792. The molecule has 2 atom stereocenters. The molecule has 0 saturated carbocycles. The van der Waals surface area contributed by atoms with Crippen molar-refractivity contribution in [1.82, 2.24) is 10.2 Å². The molecule has 1 rings (SSSR count). The van der Waals surface area contributed by atoms with Gasteiger partial charge in [0.15, 0.2) is 0 Å². The van der Waals surface area contributed by atoms with E-state index in [1.165, 1.54) is 45.2 Å². The average Bonchev–Trinajstić information content (AvgIpc) is 2.36. The van der Waals surface area contributed by atoms with E-state index in [4.69, 9.17) is 0 Å². The molecule has 1 heterocycles. The Hall–Kier alpha value is -0.0800. The zero-order valence-corrected chi connectivity index (χ0v) is 14.2. The highest BCUT2D eigenvalue weighted by Gasteiger charge is 2.30. The highest BCUT2D eigenvalue weighted by molar-refractivity contribution is 4.86. The van der Waals surface area contributed by atoms with E-state index in [0.29, 0.717) is 5.41 Å². The third-order valence-corrected chi connectivity index (χ3v) is 4.70. The maximum Gasteiger partial charge on any atom is 0.00967 e. The van der Waals surface area contributed by atoms with Crippen LogP contribution in [0, 0.1) is 5.41 Å². The molecule has 0 radical (unpaired) electrons. The van der Waals surface area contributed by atoms with E-state index in [0.717, 1.165) is 12.6 Å². The highest BCUT2D eigenvalue weighted by atomic mass is 15.2. The van der Waals surface area contributed by atoms with E-state index in [1.807, 2.05) is 0 Å². The fraction of sp³-hybridized carbons (Fsp3) is 1.00. The molecule has 0 aromatic heterocycles. The van der Waals surface area contributed by atoms with Gasteiger partial charge in [0.1, 0.15) is 0 Å². The molecule has 2 unspecified atom stereocenters. The zero-order chi connectivity index (χ0) is 14.5. The number of hydrogen-bond donors (Lipinski definition) is 1. The lowest BCUT2D eigenvalue weighted by Gasteiger charge is -2.42. The molecule has 0 aromatic rings. The zero-order valence-electron chi connectivity index (χ0n) is 14.2. The minimum atomic E-state index is 0.225. The molecule has 0 aliphatic carbocycles. The van der Waals surface area contributed by atoms with E-state index >= 15 is 0 Å². The van der Waals surface area contributed by atoms with Crippen molar-refractivity contribution in [2.75, 3.05) is 19.6 Å². The van der Waals surface area contributed by atoms with E-state index in [2.05, 4.69) is 51.8 Å². The van der Waals surface area contributed by atoms with Crippen molar-refractivity contribution in [2.45, 2.75) is 85.2 Å². The predicted octanol–water partition coefficient (Wildman–Crippen LogP) is 4.06. The van der Waals surface area contributed by atoms with Crippen molar-refractivity contribution >= 4 is 0 Å². The first-order chi connectivity index (χ1) is 8.79. The Kier molecular flexibility index (Phi) is 6.32. The van der Waals surface area contributed by atoms with Crippen LogP contribution in [0.2, 0.25) is 0 Å². The monoisotopic (exact) mass is 268 g/mol. The van der Waals surface area contributed by atoms with Gasteiger partial charge in [0.05, 0.1) is 0 Å². The summed E-state index contributed by atoms with van der Waals surface area (Å²) < 4.78 is 0. The van der Waals surface area contributed by atoms with Crippen molar-refractivity contribution in [3.8, 4) is 0 Å². The molecule has 0 aromatic carbocycles. The van der Waals surface area contributed by atoms with Gasteiger partial charge in [-0.3, -0.25) is 4.90 Å². The predicted molar refractivity (Wildman–Crippen MR) is 85.7 cm³/mol. The Balaban J connectivity index is 2.57. The van der Waals surface area contributed by atoms with Gasteiger partial charge in [-0.2, -0.15) is 0 Å². The van der Waals surface area contributed by atoms with Crippen LogP contribution < -0.4 is 5.32 Å². The van der Waals surface area contributed by atoms with Gasteiger partial charge in [-0.25, -0.2) is 0 Å². The molecule has 19 heavy (non-hydrogen) atoms. The van der Waals surface area contributed by atoms with E-state index < -0.39 is 0 Å². The lowest BCUT2D eigenvalue weighted by Crippen LogP contribution is -2.50. The molecule has 1 aliphatic rings. The van der Waals surface area contributed by atoms with Crippen LogP contribution in [0.1, 0.15) is 73.6 Å². The van der Waals surface area contributed by atoms with Gasteiger partial charge < -0.3 is 5.32 Å². The second-order valence-corrected chi connectivity index (χ2v) is 7.80. The summed E-state index contributed by atoms with van der Waals surface area (Å²) in [5.41, 5.74) is 0.626. The normalized spacial score (nSPS) is 25.3. The Morgan fingerprint density at radius 2 is 1.79 bits per heavy atom. The van der Waals surface area contributed by atoms with Crippen molar-refractivity contribution < 1.29 is 0 Å². The maximum absolute atomic E-state index is 3.71. The van der Waals surface area contributed by atoms with Crippen LogP contribution in [0.15, 0.2) is 0 Å². The largest absolute Gasteiger partial charge is 0.311 e. The fourth-order valence-electron chi connectivity index (χ4n) is 2.99. The summed E-state index contributed by atoms with van der Waals surface area (Å²) in [7, 11) is 0. The summed E-state index contributed by atoms with van der Waals surface area (Å²) >= 11 is 0. The van der Waals surface area contributed by atoms with E-state index in [9.17, 15) is 0 Å². The number of piperidine rings is 1. The molecule has 114 valence electrons. The number of nitrogens with zero attached hydrogens (tertiary/aromatic N) is 1. The van der Waals surface area contributed by atoms with Crippen LogP contribution in [0.25, 0.3) is 0 Å². The Labute approximate surface area is 121 Å². The van der Waals surface area contributed by atoms with Crippen LogP contribution in [0.5, 0.6) is 0 Å². The van der Waals surface area contributed by atoms with Crippen molar-refractivity contribution in [3.63, 3.8) is 0 Å². The molecule has 1 saturated heterocycles. The summed E-state index contributed by atoms with van der Waals surface area (Å²) in [5, 5.41) is 3.71.